The molecule has 3 aromatic heterocycles. The lowest BCUT2D eigenvalue weighted by Crippen LogP contribution is -2.47. The fourth-order valence-corrected chi connectivity index (χ4v) is 5.04. The van der Waals surface area contributed by atoms with Gasteiger partial charge in [0.2, 0.25) is 5.95 Å². The zero-order chi connectivity index (χ0) is 28.2. The number of fused-ring (bicyclic) bond motifs is 1. The van der Waals surface area contributed by atoms with Crippen LogP contribution in [0.5, 0.6) is 5.75 Å². The molecule has 2 N–H and O–H groups in total. The fraction of sp³-hybridized carbons (Fsp3) is 0.250. The van der Waals surface area contributed by atoms with Crippen LogP contribution in [0.4, 0.5) is 11.6 Å². The van der Waals surface area contributed by atoms with E-state index in [9.17, 15) is 4.79 Å². The largest absolute Gasteiger partial charge is 0.489 e. The second-order valence-corrected chi connectivity index (χ2v) is 10.3. The summed E-state index contributed by atoms with van der Waals surface area (Å²) < 4.78 is 6.09. The predicted octanol–water partition coefficient (Wildman–Crippen LogP) is 5.29. The molecule has 0 aliphatic carbocycles. The third kappa shape index (κ3) is 6.05. The van der Waals surface area contributed by atoms with Gasteiger partial charge in [0.15, 0.2) is 0 Å². The van der Waals surface area contributed by atoms with Gasteiger partial charge in [-0.15, -0.1) is 0 Å². The van der Waals surface area contributed by atoms with Crippen LogP contribution in [0, 0.1) is 0 Å². The summed E-state index contributed by atoms with van der Waals surface area (Å²) in [5.74, 6) is 1.22. The van der Waals surface area contributed by atoms with Crippen LogP contribution in [0.2, 0.25) is 0 Å². The Morgan fingerprint density at radius 2 is 1.73 bits per heavy atom. The molecule has 1 fully saturated rings. The summed E-state index contributed by atoms with van der Waals surface area (Å²) in [6.45, 7) is 5.89. The van der Waals surface area contributed by atoms with E-state index in [4.69, 9.17) is 9.72 Å². The molecule has 0 saturated carbocycles. The average molecular weight is 548 g/mol. The van der Waals surface area contributed by atoms with Gasteiger partial charge in [-0.05, 0) is 61.0 Å². The number of carbonyl (C=O) groups excluding carboxylic acids is 1. The van der Waals surface area contributed by atoms with Gasteiger partial charge >= 0.3 is 0 Å². The van der Waals surface area contributed by atoms with Crippen molar-refractivity contribution in [2.24, 2.45) is 0 Å². The maximum absolute atomic E-state index is 13.0. The highest BCUT2D eigenvalue weighted by molar-refractivity contribution is 5.98. The minimum Gasteiger partial charge on any atom is -0.489 e. The van der Waals surface area contributed by atoms with Crippen molar-refractivity contribution in [2.45, 2.75) is 20.0 Å². The molecule has 4 heterocycles. The third-order valence-electron chi connectivity index (χ3n) is 7.44. The SMILES string of the molecule is CCc1ccccc1COc1ccnc(-c2ccnc(Nc3ccc4[nH]c(C(=O)N5CCN(C)CC5)cc4c3)n2)c1. The van der Waals surface area contributed by atoms with Gasteiger partial charge in [0.1, 0.15) is 18.1 Å². The lowest BCUT2D eigenvalue weighted by Gasteiger charge is -2.32. The minimum absolute atomic E-state index is 0.0353. The molecule has 0 spiro atoms. The molecule has 0 radical (unpaired) electrons. The van der Waals surface area contributed by atoms with E-state index in [1.165, 1.54) is 11.1 Å². The predicted molar refractivity (Wildman–Crippen MR) is 160 cm³/mol. The van der Waals surface area contributed by atoms with Crippen molar-refractivity contribution in [3.05, 3.63) is 95.9 Å². The molecular formula is C32H33N7O2. The van der Waals surface area contributed by atoms with E-state index < -0.39 is 0 Å². The number of hydrogen-bond donors (Lipinski definition) is 2. The Labute approximate surface area is 239 Å². The molecule has 0 bridgehead atoms. The molecule has 1 aliphatic rings. The van der Waals surface area contributed by atoms with Crippen LogP contribution in [0.1, 0.15) is 28.5 Å². The van der Waals surface area contributed by atoms with Crippen LogP contribution in [0.25, 0.3) is 22.3 Å². The molecule has 6 rings (SSSR count). The van der Waals surface area contributed by atoms with Gasteiger partial charge in [0.25, 0.3) is 5.91 Å². The summed E-state index contributed by atoms with van der Waals surface area (Å²) in [4.78, 5) is 34.0. The Hall–Kier alpha value is -4.76. The molecule has 1 saturated heterocycles. The fourth-order valence-electron chi connectivity index (χ4n) is 5.04. The number of benzene rings is 2. The summed E-state index contributed by atoms with van der Waals surface area (Å²) in [6, 6.07) is 21.7. The van der Waals surface area contributed by atoms with E-state index in [0.717, 1.165) is 54.9 Å². The number of H-pyrrole nitrogens is 1. The summed E-state index contributed by atoms with van der Waals surface area (Å²) in [5, 5.41) is 4.24. The van der Waals surface area contributed by atoms with E-state index in [1.807, 2.05) is 53.4 Å². The Kier molecular flexibility index (Phi) is 7.60. The standard InChI is InChI=1S/C32H33N7O2/c1-3-22-6-4-5-7-23(22)21-41-26-10-12-33-29(20-26)28-11-13-34-32(37-28)35-25-8-9-27-24(18-25)19-30(36-27)31(40)39-16-14-38(2)15-17-39/h4-13,18-20,36H,3,14-17,21H2,1-2H3,(H,34,35,37). The first kappa shape index (κ1) is 26.5. The second-order valence-electron chi connectivity index (χ2n) is 10.3. The molecule has 208 valence electrons. The number of anilines is 2. The molecule has 1 aliphatic heterocycles. The highest BCUT2D eigenvalue weighted by atomic mass is 16.5. The van der Waals surface area contributed by atoms with Gasteiger partial charge in [-0.25, -0.2) is 9.97 Å². The lowest BCUT2D eigenvalue weighted by molar-refractivity contribution is 0.0659. The number of nitrogens with one attached hydrogen (secondary N) is 2. The topological polar surface area (TPSA) is 99.3 Å². The number of rotatable bonds is 8. The third-order valence-corrected chi connectivity index (χ3v) is 7.44. The summed E-state index contributed by atoms with van der Waals surface area (Å²) in [6.07, 6.45) is 4.40. The van der Waals surface area contributed by atoms with E-state index >= 15 is 0 Å². The summed E-state index contributed by atoms with van der Waals surface area (Å²) in [5.41, 5.74) is 6.18. The van der Waals surface area contributed by atoms with Crippen molar-refractivity contribution in [3.8, 4) is 17.1 Å². The first-order valence-electron chi connectivity index (χ1n) is 13.9. The number of piperazine rings is 1. The smallest absolute Gasteiger partial charge is 0.270 e. The van der Waals surface area contributed by atoms with E-state index in [2.05, 4.69) is 57.3 Å². The highest BCUT2D eigenvalue weighted by Gasteiger charge is 2.21. The first-order valence-corrected chi connectivity index (χ1v) is 13.9. The van der Waals surface area contributed by atoms with Gasteiger partial charge in [-0.3, -0.25) is 9.78 Å². The maximum atomic E-state index is 13.0. The number of aryl methyl sites for hydroxylation is 1. The molecule has 41 heavy (non-hydrogen) atoms. The molecule has 2 aromatic carbocycles. The number of ether oxygens (including phenoxy) is 1. The van der Waals surface area contributed by atoms with Crippen molar-refractivity contribution in [2.75, 3.05) is 38.5 Å². The van der Waals surface area contributed by atoms with Crippen LogP contribution in [0.3, 0.4) is 0 Å². The number of nitrogens with zero attached hydrogens (tertiary/aromatic N) is 5. The number of carbonyl (C=O) groups is 1. The van der Waals surface area contributed by atoms with Crippen LogP contribution < -0.4 is 10.1 Å². The van der Waals surface area contributed by atoms with Gasteiger partial charge in [0, 0.05) is 61.2 Å². The number of likely N-dealkylation sites (N-methyl/N-ethyl adjacent to an activating group) is 1. The monoisotopic (exact) mass is 547 g/mol. The van der Waals surface area contributed by atoms with Crippen molar-refractivity contribution in [3.63, 3.8) is 0 Å². The Balaban J connectivity index is 1.15. The van der Waals surface area contributed by atoms with Crippen molar-refractivity contribution < 1.29 is 9.53 Å². The van der Waals surface area contributed by atoms with E-state index in [-0.39, 0.29) is 5.91 Å². The zero-order valence-corrected chi connectivity index (χ0v) is 23.3. The Bertz CT molecular complexity index is 1670. The lowest BCUT2D eigenvalue weighted by atomic mass is 10.1. The number of aromatic nitrogens is 4. The van der Waals surface area contributed by atoms with Gasteiger partial charge in [0.05, 0.1) is 11.4 Å². The van der Waals surface area contributed by atoms with Gasteiger partial charge in [-0.2, -0.15) is 0 Å². The zero-order valence-electron chi connectivity index (χ0n) is 23.3. The quantitative estimate of drug-likeness (QED) is 0.272. The van der Waals surface area contributed by atoms with E-state index in [0.29, 0.717) is 29.6 Å². The van der Waals surface area contributed by atoms with E-state index in [1.54, 1.807) is 12.4 Å². The molecule has 9 heteroatoms. The van der Waals surface area contributed by atoms with Gasteiger partial charge in [-0.1, -0.05) is 31.2 Å². The summed E-state index contributed by atoms with van der Waals surface area (Å²) in [7, 11) is 2.08. The van der Waals surface area contributed by atoms with Crippen LogP contribution in [-0.4, -0.2) is 68.9 Å². The average Bonchev–Trinajstić information content (AvgIpc) is 3.44. The van der Waals surface area contributed by atoms with Crippen LogP contribution in [-0.2, 0) is 13.0 Å². The Morgan fingerprint density at radius 3 is 2.56 bits per heavy atom. The minimum atomic E-state index is 0.0353. The molecule has 5 aromatic rings. The maximum Gasteiger partial charge on any atom is 0.270 e. The molecule has 9 nitrogen and oxygen atoms in total. The summed E-state index contributed by atoms with van der Waals surface area (Å²) >= 11 is 0. The van der Waals surface area contributed by atoms with Crippen molar-refractivity contribution in [1.29, 1.82) is 0 Å². The Morgan fingerprint density at radius 1 is 0.927 bits per heavy atom. The number of hydrogen-bond acceptors (Lipinski definition) is 7. The van der Waals surface area contributed by atoms with Crippen LogP contribution in [0.15, 0.2) is 79.1 Å². The van der Waals surface area contributed by atoms with Crippen LogP contribution >= 0.6 is 0 Å². The van der Waals surface area contributed by atoms with Crippen molar-refractivity contribution in [1.82, 2.24) is 29.7 Å². The second kappa shape index (κ2) is 11.8. The molecule has 0 atom stereocenters. The highest BCUT2D eigenvalue weighted by Crippen LogP contribution is 2.25. The molecule has 0 unspecified atom stereocenters. The van der Waals surface area contributed by atoms with Crippen molar-refractivity contribution >= 4 is 28.4 Å². The number of amides is 1. The number of aromatic amines is 1. The van der Waals surface area contributed by atoms with Gasteiger partial charge < -0.3 is 24.8 Å². The molecule has 1 amide bonds. The number of pyridine rings is 1. The molecular weight excluding hydrogens is 514 g/mol. The normalized spacial score (nSPS) is 13.9. The first-order chi connectivity index (χ1) is 20.1.